The number of aryl methyl sites for hydroxylation is 1. The third-order valence-corrected chi connectivity index (χ3v) is 8.83. The molecule has 0 amide bonds. The number of amidine groups is 1. The molecule has 0 radical (unpaired) electrons. The molecule has 1 heterocycles. The molecule has 1 aliphatic heterocycles. The second kappa shape index (κ2) is 11.1. The zero-order valence-electron chi connectivity index (χ0n) is 21.5. The van der Waals surface area contributed by atoms with Gasteiger partial charge in [-0.3, -0.25) is 5.41 Å². The lowest BCUT2D eigenvalue weighted by Crippen LogP contribution is -2.49. The van der Waals surface area contributed by atoms with E-state index in [4.69, 9.17) is 15.0 Å². The van der Waals surface area contributed by atoms with Gasteiger partial charge in [0.05, 0.1) is 22.6 Å². The Kier molecular flexibility index (Phi) is 8.67. The molecule has 0 spiro atoms. The highest BCUT2D eigenvalue weighted by atomic mass is 32.2. The van der Waals surface area contributed by atoms with E-state index in [0.717, 1.165) is 24.1 Å². The fraction of sp³-hybridized carbons (Fsp3) is 0.577. The van der Waals surface area contributed by atoms with Gasteiger partial charge in [0.2, 0.25) is 10.0 Å². The lowest BCUT2D eigenvalue weighted by molar-refractivity contribution is -0.0270. The maximum atomic E-state index is 13.2. The molecule has 192 valence electrons. The van der Waals surface area contributed by atoms with Crippen LogP contribution in [-0.4, -0.2) is 51.5 Å². The average Bonchev–Trinajstić information content (AvgIpc) is 3.24. The maximum absolute atomic E-state index is 13.2. The smallest absolute Gasteiger partial charge is 0.240 e. The van der Waals surface area contributed by atoms with Crippen LogP contribution in [0.1, 0.15) is 58.1 Å². The zero-order chi connectivity index (χ0) is 25.9. The second-order valence-corrected chi connectivity index (χ2v) is 11.7. The number of allylic oxidation sites excluding steroid dienone is 1. The van der Waals surface area contributed by atoms with Gasteiger partial charge in [-0.2, -0.15) is 0 Å². The molecule has 2 aliphatic rings. The number of ether oxygens (including phenoxy) is 1. The first-order valence-electron chi connectivity index (χ1n) is 12.1. The van der Waals surface area contributed by atoms with E-state index < -0.39 is 10.0 Å². The zero-order valence-corrected chi connectivity index (χ0v) is 22.4. The summed E-state index contributed by atoms with van der Waals surface area (Å²) in [4.78, 5) is 9.80. The van der Waals surface area contributed by atoms with Gasteiger partial charge in [-0.25, -0.2) is 18.1 Å². The van der Waals surface area contributed by atoms with Gasteiger partial charge >= 0.3 is 0 Å². The fourth-order valence-corrected chi connectivity index (χ4v) is 6.01. The van der Waals surface area contributed by atoms with Crippen LogP contribution in [0.25, 0.3) is 5.57 Å². The Morgan fingerprint density at radius 2 is 2.06 bits per heavy atom. The van der Waals surface area contributed by atoms with Gasteiger partial charge in [-0.15, -0.1) is 0 Å². The van der Waals surface area contributed by atoms with Crippen LogP contribution in [0.3, 0.4) is 0 Å². The molecule has 1 saturated carbocycles. The molecule has 6 unspecified atom stereocenters. The molecule has 1 fully saturated rings. The third-order valence-electron chi connectivity index (χ3n) is 7.27. The van der Waals surface area contributed by atoms with Crippen molar-refractivity contribution in [1.82, 2.24) is 4.72 Å². The van der Waals surface area contributed by atoms with Crippen molar-refractivity contribution in [1.29, 1.82) is 5.41 Å². The molecule has 6 atom stereocenters. The number of nitrogens with zero attached hydrogens (tertiary/aromatic N) is 2. The fourth-order valence-electron chi connectivity index (χ4n) is 4.73. The van der Waals surface area contributed by atoms with Crippen LogP contribution in [0.4, 0.5) is 0 Å². The van der Waals surface area contributed by atoms with Gasteiger partial charge in [0.1, 0.15) is 11.9 Å². The van der Waals surface area contributed by atoms with Gasteiger partial charge in [0.25, 0.3) is 0 Å². The molecule has 1 aromatic rings. The molecule has 9 heteroatoms. The molecule has 2 N–H and O–H groups in total. The van der Waals surface area contributed by atoms with E-state index in [1.807, 2.05) is 27.7 Å². The van der Waals surface area contributed by atoms with Crippen molar-refractivity contribution in [3.8, 4) is 0 Å². The minimum atomic E-state index is -3.77. The number of rotatable bonds is 10. The molecular formula is C26H38N4O4S. The summed E-state index contributed by atoms with van der Waals surface area (Å²) in [7, 11) is -2.13. The highest BCUT2D eigenvalue weighted by molar-refractivity contribution is 7.89. The SMILES string of the molecule is C=C(C=NC(=N)C(C)C1CC(C)=NO1)c1cc(S(=O)(=O)NC(C)C(OC)C2CCC2C)ccc1C. The molecule has 1 aromatic carbocycles. The van der Waals surface area contributed by atoms with E-state index in [1.54, 1.807) is 25.3 Å². The van der Waals surface area contributed by atoms with Gasteiger partial charge in [-0.05, 0) is 74.3 Å². The van der Waals surface area contributed by atoms with Crippen LogP contribution in [0.15, 0.2) is 39.8 Å². The normalized spacial score (nSPS) is 24.9. The van der Waals surface area contributed by atoms with Crippen molar-refractivity contribution in [2.75, 3.05) is 7.11 Å². The monoisotopic (exact) mass is 502 g/mol. The summed E-state index contributed by atoms with van der Waals surface area (Å²) >= 11 is 0. The first-order chi connectivity index (χ1) is 16.4. The van der Waals surface area contributed by atoms with Gasteiger partial charge in [0, 0.05) is 25.8 Å². The predicted octanol–water partition coefficient (Wildman–Crippen LogP) is 4.59. The number of methoxy groups -OCH3 is 1. The van der Waals surface area contributed by atoms with Crippen molar-refractivity contribution >= 4 is 33.4 Å². The molecule has 35 heavy (non-hydrogen) atoms. The molecule has 0 saturated heterocycles. The van der Waals surface area contributed by atoms with Crippen molar-refractivity contribution in [2.45, 2.75) is 77.0 Å². The first kappa shape index (κ1) is 27.2. The number of hydrogen-bond donors (Lipinski definition) is 2. The first-order valence-corrected chi connectivity index (χ1v) is 13.6. The lowest BCUT2D eigenvalue weighted by atomic mass is 9.70. The van der Waals surface area contributed by atoms with E-state index >= 15 is 0 Å². The number of aliphatic imine (C=N–C) groups is 1. The average molecular weight is 503 g/mol. The molecule has 8 nitrogen and oxygen atoms in total. The Hall–Kier alpha value is -2.36. The van der Waals surface area contributed by atoms with Crippen LogP contribution in [0.2, 0.25) is 0 Å². The quantitative estimate of drug-likeness (QED) is 0.360. The molecule has 0 bridgehead atoms. The van der Waals surface area contributed by atoms with E-state index in [-0.39, 0.29) is 34.9 Å². The van der Waals surface area contributed by atoms with Crippen LogP contribution in [-0.2, 0) is 19.6 Å². The van der Waals surface area contributed by atoms with E-state index in [0.29, 0.717) is 29.4 Å². The minimum Gasteiger partial charge on any atom is -0.391 e. The van der Waals surface area contributed by atoms with Crippen LogP contribution in [0, 0.1) is 30.1 Å². The van der Waals surface area contributed by atoms with Gasteiger partial charge in [-0.1, -0.05) is 31.6 Å². The number of sulfonamides is 1. The molecule has 3 rings (SSSR count). The predicted molar refractivity (Wildman–Crippen MR) is 141 cm³/mol. The standard InChI is InChI=1S/C26H38N4O4S/c1-15-9-11-22(15)25(33-7)20(6)30-35(31,32)21-10-8-16(2)23(13-21)17(3)14-28-26(27)19(5)24-12-18(4)29-34-24/h8,10,13-15,19-20,22,24-25,27,30H,3,9,11-12H2,1-2,4-7H3. The van der Waals surface area contributed by atoms with Crippen molar-refractivity contribution in [3.63, 3.8) is 0 Å². The highest BCUT2D eigenvalue weighted by Crippen LogP contribution is 2.38. The summed E-state index contributed by atoms with van der Waals surface area (Å²) in [6.45, 7) is 13.8. The Balaban J connectivity index is 1.71. The topological polar surface area (TPSA) is 113 Å². The van der Waals surface area contributed by atoms with Crippen LogP contribution >= 0.6 is 0 Å². The minimum absolute atomic E-state index is 0.159. The summed E-state index contributed by atoms with van der Waals surface area (Å²) in [5.41, 5.74) is 2.96. The summed E-state index contributed by atoms with van der Waals surface area (Å²) in [5, 5.41) is 12.2. The summed E-state index contributed by atoms with van der Waals surface area (Å²) in [6, 6.07) is 4.60. The van der Waals surface area contributed by atoms with Crippen LogP contribution < -0.4 is 4.72 Å². The maximum Gasteiger partial charge on any atom is 0.240 e. The molecular weight excluding hydrogens is 464 g/mol. The summed E-state index contributed by atoms with van der Waals surface area (Å²) < 4.78 is 34.9. The Morgan fingerprint density at radius 1 is 1.34 bits per heavy atom. The van der Waals surface area contributed by atoms with Crippen molar-refractivity contribution in [2.24, 2.45) is 27.9 Å². The summed E-state index contributed by atoms with van der Waals surface area (Å²) in [6.07, 6.45) is 4.00. The molecule has 0 aromatic heterocycles. The highest BCUT2D eigenvalue weighted by Gasteiger charge is 2.38. The number of benzene rings is 1. The second-order valence-electron chi connectivity index (χ2n) is 9.94. The van der Waals surface area contributed by atoms with E-state index in [2.05, 4.69) is 28.4 Å². The summed E-state index contributed by atoms with van der Waals surface area (Å²) in [5.74, 6) is 0.809. The Morgan fingerprint density at radius 3 is 2.60 bits per heavy atom. The number of nitrogens with one attached hydrogen (secondary N) is 2. The third kappa shape index (κ3) is 6.26. The largest absolute Gasteiger partial charge is 0.391 e. The van der Waals surface area contributed by atoms with Gasteiger partial charge < -0.3 is 9.57 Å². The lowest BCUT2D eigenvalue weighted by Gasteiger charge is -2.41. The van der Waals surface area contributed by atoms with Crippen molar-refractivity contribution in [3.05, 3.63) is 35.9 Å². The van der Waals surface area contributed by atoms with E-state index in [1.165, 1.54) is 6.21 Å². The molecule has 1 aliphatic carbocycles. The number of hydrogen-bond acceptors (Lipinski definition) is 6. The Bertz CT molecular complexity index is 1130. The van der Waals surface area contributed by atoms with E-state index in [9.17, 15) is 8.42 Å². The Labute approximate surface area is 209 Å². The number of oxime groups is 1. The van der Waals surface area contributed by atoms with Gasteiger partial charge in [0.15, 0.2) is 0 Å². The van der Waals surface area contributed by atoms with Crippen LogP contribution in [0.5, 0.6) is 0 Å². The van der Waals surface area contributed by atoms with Crippen molar-refractivity contribution < 1.29 is 18.0 Å².